The van der Waals surface area contributed by atoms with Gasteiger partial charge in [0.25, 0.3) is 5.69 Å². The molecule has 88 valence electrons. The van der Waals surface area contributed by atoms with Crippen molar-refractivity contribution in [3.05, 3.63) is 39.9 Å². The molecule has 0 aliphatic carbocycles. The smallest absolute Gasteiger partial charge is 0.258 e. The van der Waals surface area contributed by atoms with Gasteiger partial charge in [-0.3, -0.25) is 10.1 Å². The number of halogens is 3. The summed E-state index contributed by atoms with van der Waals surface area (Å²) in [5.41, 5.74) is 0.226. The van der Waals surface area contributed by atoms with E-state index >= 15 is 0 Å². The standard InChI is InChI=1S/C9H9F3N2O2/c1-13(9(10,11)12)6-7-2-4-8(5-3-7)14(15)16/h2-5H,6H2,1H3. The molecule has 4 nitrogen and oxygen atoms in total. The van der Waals surface area contributed by atoms with Gasteiger partial charge in [-0.05, 0) is 12.6 Å². The highest BCUT2D eigenvalue weighted by atomic mass is 19.4. The van der Waals surface area contributed by atoms with Crippen molar-refractivity contribution in [2.45, 2.75) is 12.8 Å². The summed E-state index contributed by atoms with van der Waals surface area (Å²) in [6, 6.07) is 4.97. The Morgan fingerprint density at radius 1 is 1.31 bits per heavy atom. The Balaban J connectivity index is 2.73. The number of nitro groups is 1. The SMILES string of the molecule is CN(Cc1ccc([N+](=O)[O-])cc1)C(F)(F)F. The number of rotatable bonds is 3. The van der Waals surface area contributed by atoms with Crippen LogP contribution in [0, 0.1) is 10.1 Å². The van der Waals surface area contributed by atoms with Crippen molar-refractivity contribution < 1.29 is 18.1 Å². The molecule has 16 heavy (non-hydrogen) atoms. The zero-order valence-corrected chi connectivity index (χ0v) is 8.36. The molecular formula is C9H9F3N2O2. The van der Waals surface area contributed by atoms with Crippen LogP contribution in [-0.2, 0) is 6.54 Å². The lowest BCUT2D eigenvalue weighted by atomic mass is 10.2. The highest BCUT2D eigenvalue weighted by molar-refractivity contribution is 5.32. The molecule has 0 amide bonds. The topological polar surface area (TPSA) is 46.4 Å². The van der Waals surface area contributed by atoms with Crippen LogP contribution in [0.2, 0.25) is 0 Å². The summed E-state index contributed by atoms with van der Waals surface area (Å²) >= 11 is 0. The predicted octanol–water partition coefficient (Wildman–Crippen LogP) is 2.55. The Bertz CT molecular complexity index is 375. The summed E-state index contributed by atoms with van der Waals surface area (Å²) in [4.78, 5) is 9.91. The molecular weight excluding hydrogens is 225 g/mol. The highest BCUT2D eigenvalue weighted by Crippen LogP contribution is 2.22. The van der Waals surface area contributed by atoms with Gasteiger partial charge in [-0.15, -0.1) is 0 Å². The van der Waals surface area contributed by atoms with E-state index in [0.29, 0.717) is 5.56 Å². The molecule has 1 aromatic carbocycles. The predicted molar refractivity (Wildman–Crippen MR) is 50.6 cm³/mol. The summed E-state index contributed by atoms with van der Waals surface area (Å²) in [6.07, 6.45) is -4.40. The van der Waals surface area contributed by atoms with Crippen LogP contribution in [0.25, 0.3) is 0 Å². The van der Waals surface area contributed by atoms with Gasteiger partial charge in [-0.1, -0.05) is 12.1 Å². The maximum atomic E-state index is 12.2. The van der Waals surface area contributed by atoms with E-state index < -0.39 is 11.2 Å². The van der Waals surface area contributed by atoms with E-state index in [1.807, 2.05) is 0 Å². The summed E-state index contributed by atoms with van der Waals surface area (Å²) in [5, 5.41) is 10.3. The average molecular weight is 234 g/mol. The lowest BCUT2D eigenvalue weighted by Gasteiger charge is -2.19. The summed E-state index contributed by atoms with van der Waals surface area (Å²) in [6.45, 7) is -0.332. The minimum absolute atomic E-state index is 0.140. The first kappa shape index (κ1) is 12.4. The van der Waals surface area contributed by atoms with Crippen molar-refractivity contribution >= 4 is 5.69 Å². The number of nitro benzene ring substituents is 1. The van der Waals surface area contributed by atoms with Crippen molar-refractivity contribution in [1.29, 1.82) is 0 Å². The second-order valence-corrected chi connectivity index (χ2v) is 3.25. The van der Waals surface area contributed by atoms with Gasteiger partial charge in [0, 0.05) is 18.7 Å². The highest BCUT2D eigenvalue weighted by Gasteiger charge is 2.33. The van der Waals surface area contributed by atoms with Crippen LogP contribution in [0.4, 0.5) is 18.9 Å². The molecule has 0 radical (unpaired) electrons. The van der Waals surface area contributed by atoms with Gasteiger partial charge in [-0.25, -0.2) is 4.90 Å². The molecule has 1 rings (SSSR count). The van der Waals surface area contributed by atoms with Gasteiger partial charge in [0.05, 0.1) is 4.92 Å². The minimum Gasteiger partial charge on any atom is -0.258 e. The van der Waals surface area contributed by atoms with Gasteiger partial charge in [-0.2, -0.15) is 13.2 Å². The third-order valence-electron chi connectivity index (χ3n) is 2.00. The van der Waals surface area contributed by atoms with Crippen LogP contribution in [0.15, 0.2) is 24.3 Å². The number of benzene rings is 1. The van der Waals surface area contributed by atoms with Crippen molar-refractivity contribution in [3.63, 3.8) is 0 Å². The molecule has 0 aromatic heterocycles. The normalized spacial score (nSPS) is 11.8. The Kier molecular flexibility index (Phi) is 3.48. The number of hydrogen-bond donors (Lipinski definition) is 0. The van der Waals surface area contributed by atoms with E-state index in [0.717, 1.165) is 7.05 Å². The summed E-state index contributed by atoms with van der Waals surface area (Å²) in [5.74, 6) is 0. The zero-order chi connectivity index (χ0) is 12.3. The number of hydrogen-bond acceptors (Lipinski definition) is 3. The molecule has 0 spiro atoms. The second-order valence-electron chi connectivity index (χ2n) is 3.25. The summed E-state index contributed by atoms with van der Waals surface area (Å²) in [7, 11) is 0.918. The van der Waals surface area contributed by atoms with Gasteiger partial charge in [0.15, 0.2) is 0 Å². The van der Waals surface area contributed by atoms with Gasteiger partial charge >= 0.3 is 6.30 Å². The first-order valence-electron chi connectivity index (χ1n) is 4.32. The van der Waals surface area contributed by atoms with Gasteiger partial charge in [0.1, 0.15) is 0 Å². The lowest BCUT2D eigenvalue weighted by molar-refractivity contribution is -0.384. The van der Waals surface area contributed by atoms with E-state index in [-0.39, 0.29) is 17.1 Å². The van der Waals surface area contributed by atoms with Gasteiger partial charge in [0.2, 0.25) is 0 Å². The average Bonchev–Trinajstić information content (AvgIpc) is 2.17. The number of non-ortho nitro benzene ring substituents is 1. The third-order valence-corrected chi connectivity index (χ3v) is 2.00. The molecule has 0 aliphatic heterocycles. The largest absolute Gasteiger partial charge is 0.459 e. The molecule has 0 bridgehead atoms. The quantitative estimate of drug-likeness (QED) is 0.458. The number of alkyl halides is 3. The monoisotopic (exact) mass is 234 g/mol. The number of nitrogens with zero attached hydrogens (tertiary/aromatic N) is 2. The first-order valence-corrected chi connectivity index (χ1v) is 4.32. The Labute approximate surface area is 89.4 Å². The van der Waals surface area contributed by atoms with Crippen LogP contribution in [0.3, 0.4) is 0 Å². The molecule has 0 atom stereocenters. The molecule has 0 saturated heterocycles. The molecule has 0 saturated carbocycles. The van der Waals surface area contributed by atoms with Crippen LogP contribution >= 0.6 is 0 Å². The van der Waals surface area contributed by atoms with E-state index in [2.05, 4.69) is 0 Å². The maximum absolute atomic E-state index is 12.2. The van der Waals surface area contributed by atoms with Crippen molar-refractivity contribution in [2.75, 3.05) is 7.05 Å². The maximum Gasteiger partial charge on any atom is 0.459 e. The Morgan fingerprint density at radius 3 is 2.19 bits per heavy atom. The fourth-order valence-corrected chi connectivity index (χ4v) is 1.09. The molecule has 0 aliphatic rings. The molecule has 7 heteroatoms. The van der Waals surface area contributed by atoms with Crippen LogP contribution in [0.1, 0.15) is 5.56 Å². The molecule has 0 fully saturated rings. The van der Waals surface area contributed by atoms with Crippen molar-refractivity contribution in [1.82, 2.24) is 4.90 Å². The second kappa shape index (κ2) is 4.48. The molecule has 1 aromatic rings. The van der Waals surface area contributed by atoms with Crippen LogP contribution < -0.4 is 0 Å². The van der Waals surface area contributed by atoms with Crippen molar-refractivity contribution in [3.8, 4) is 0 Å². The minimum atomic E-state index is -4.40. The fraction of sp³-hybridized carbons (Fsp3) is 0.333. The van der Waals surface area contributed by atoms with E-state index in [9.17, 15) is 23.3 Å². The first-order chi connectivity index (χ1) is 7.30. The van der Waals surface area contributed by atoms with E-state index in [4.69, 9.17) is 0 Å². The lowest BCUT2D eigenvalue weighted by Crippen LogP contribution is -2.33. The Hall–Kier alpha value is -1.63. The molecule has 0 heterocycles. The van der Waals surface area contributed by atoms with Crippen molar-refractivity contribution in [2.24, 2.45) is 0 Å². The fourth-order valence-electron chi connectivity index (χ4n) is 1.09. The van der Waals surface area contributed by atoms with Crippen LogP contribution in [0.5, 0.6) is 0 Å². The Morgan fingerprint density at radius 2 is 1.81 bits per heavy atom. The third kappa shape index (κ3) is 3.20. The van der Waals surface area contributed by atoms with Gasteiger partial charge < -0.3 is 0 Å². The summed E-state index contributed by atoms with van der Waals surface area (Å²) < 4.78 is 36.5. The van der Waals surface area contributed by atoms with E-state index in [1.165, 1.54) is 24.3 Å². The van der Waals surface area contributed by atoms with Crippen LogP contribution in [-0.4, -0.2) is 23.2 Å². The molecule has 0 N–H and O–H groups in total. The zero-order valence-electron chi connectivity index (χ0n) is 8.36. The van der Waals surface area contributed by atoms with E-state index in [1.54, 1.807) is 0 Å². The molecule has 0 unspecified atom stereocenters.